The summed E-state index contributed by atoms with van der Waals surface area (Å²) in [7, 11) is 0. The van der Waals surface area contributed by atoms with Crippen LogP contribution in [-0.2, 0) is 42.9 Å². The minimum Gasteiger partial charge on any atom is -0.472 e. The van der Waals surface area contributed by atoms with Gasteiger partial charge in [-0.1, -0.05) is 13.8 Å². The molecule has 4 saturated carbocycles. The molecule has 0 radical (unpaired) electrons. The number of furan rings is 1. The Hall–Kier alpha value is -2.80. The molecule has 1 aromatic rings. The molecule has 0 aromatic carbocycles. The van der Waals surface area contributed by atoms with Crippen molar-refractivity contribution in [1.82, 2.24) is 0 Å². The number of Topliss-reactive ketones (excluding diaryl/α,β-unsaturated/α-hetero) is 1. The first-order chi connectivity index (χ1) is 20.6. The molecular weight excluding hydrogens is 576 g/mol. The molecule has 2 bridgehead atoms. The van der Waals surface area contributed by atoms with Crippen LogP contribution in [0.1, 0.15) is 72.3 Å². The fourth-order valence-corrected chi connectivity index (χ4v) is 11.3. The molecule has 2 saturated heterocycles. The van der Waals surface area contributed by atoms with Crippen LogP contribution in [0.3, 0.4) is 0 Å². The summed E-state index contributed by atoms with van der Waals surface area (Å²) in [5, 5.41) is 24.5. The van der Waals surface area contributed by atoms with E-state index in [4.69, 9.17) is 28.1 Å². The number of epoxide rings is 1. The molecule has 2 N–H and O–H groups in total. The highest BCUT2D eigenvalue weighted by Gasteiger charge is 2.92. The predicted molar refractivity (Wildman–Crippen MR) is 146 cm³/mol. The number of carbonyl (C=O) groups is 4. The summed E-state index contributed by atoms with van der Waals surface area (Å²) in [6.07, 6.45) is -2.32. The Morgan fingerprint density at radius 2 is 1.59 bits per heavy atom. The molecule has 6 aliphatic rings. The van der Waals surface area contributed by atoms with Crippen LogP contribution in [0.2, 0.25) is 0 Å². The summed E-state index contributed by atoms with van der Waals surface area (Å²) in [6, 6.07) is 1.83. The van der Waals surface area contributed by atoms with Gasteiger partial charge in [0.05, 0.1) is 48.3 Å². The topological polar surface area (TPSA) is 171 Å². The quantitative estimate of drug-likeness (QED) is 0.287. The molecule has 2 aliphatic heterocycles. The van der Waals surface area contributed by atoms with Crippen LogP contribution >= 0.6 is 0 Å². The Bertz CT molecular complexity index is 1420. The van der Waals surface area contributed by atoms with Crippen LogP contribution in [0.15, 0.2) is 23.0 Å². The standard InChI is InChI=1S/C32H40O12/c1-14(33)41-22-11-21(37)31-13-40-27(43-16(3)35)28(22,4)19(31)10-20(36)30(6)25(31)24(38)26(42-15(2)34)29(5)18(17-7-8-39-12-17)9-23-32(29,30)44-23/h7-8,12,18-23,25-27,36-37H,9-11,13H2,1-6H3/t18-,19+,20+,21-,22+,23+,25?,26-,27-,28+,29+,30+,31+,32+/m0/s1. The van der Waals surface area contributed by atoms with E-state index in [1.165, 1.54) is 20.8 Å². The highest BCUT2D eigenvalue weighted by Crippen LogP contribution is 2.83. The van der Waals surface area contributed by atoms with Crippen molar-refractivity contribution in [1.29, 1.82) is 0 Å². The van der Waals surface area contributed by atoms with Crippen molar-refractivity contribution >= 4 is 23.7 Å². The van der Waals surface area contributed by atoms with E-state index in [0.29, 0.717) is 6.42 Å². The summed E-state index contributed by atoms with van der Waals surface area (Å²) in [5.74, 6) is -4.32. The van der Waals surface area contributed by atoms with E-state index in [1.54, 1.807) is 19.5 Å². The maximum Gasteiger partial charge on any atom is 0.304 e. The van der Waals surface area contributed by atoms with Gasteiger partial charge in [-0.3, -0.25) is 19.2 Å². The van der Waals surface area contributed by atoms with Crippen molar-refractivity contribution < 1.29 is 57.5 Å². The van der Waals surface area contributed by atoms with Crippen molar-refractivity contribution in [2.45, 2.75) is 109 Å². The third kappa shape index (κ3) is 3.22. The third-order valence-corrected chi connectivity index (χ3v) is 12.8. The maximum atomic E-state index is 15.2. The van der Waals surface area contributed by atoms with E-state index in [2.05, 4.69) is 0 Å². The summed E-state index contributed by atoms with van der Waals surface area (Å²) in [6.45, 7) is 9.09. The van der Waals surface area contributed by atoms with Gasteiger partial charge in [0.2, 0.25) is 6.29 Å². The molecule has 7 rings (SSSR count). The smallest absolute Gasteiger partial charge is 0.304 e. The Balaban J connectivity index is 1.43. The van der Waals surface area contributed by atoms with Gasteiger partial charge in [0, 0.05) is 49.9 Å². The molecule has 1 unspecified atom stereocenters. The molecule has 12 heteroatoms. The van der Waals surface area contributed by atoms with Crippen LogP contribution in [0.5, 0.6) is 0 Å². The SMILES string of the molecule is CC(=O)O[C@@H]1OC[C@@]23C4C(=O)[C@H](OC(C)=O)[C@@]5(C)[C@H](c6ccoc6)C[C@H]6O[C@]65[C@]4(C)[C@H](O)C[C@@H]2[C@]1(C)[C@H](OC(C)=O)C[C@@H]3O. The largest absolute Gasteiger partial charge is 0.472 e. The molecule has 0 amide bonds. The van der Waals surface area contributed by atoms with Gasteiger partial charge < -0.3 is 38.3 Å². The van der Waals surface area contributed by atoms with Gasteiger partial charge in [0.1, 0.15) is 11.7 Å². The number of aliphatic hydroxyl groups excluding tert-OH is 2. The Labute approximate surface area is 254 Å². The van der Waals surface area contributed by atoms with Crippen molar-refractivity contribution in [2.75, 3.05) is 6.61 Å². The van der Waals surface area contributed by atoms with E-state index in [9.17, 15) is 24.6 Å². The molecule has 240 valence electrons. The van der Waals surface area contributed by atoms with Crippen LogP contribution in [0.25, 0.3) is 0 Å². The van der Waals surface area contributed by atoms with Crippen molar-refractivity contribution in [3.63, 3.8) is 0 Å². The minimum absolute atomic E-state index is 0.0475. The molecule has 44 heavy (non-hydrogen) atoms. The normalized spacial score (nSPS) is 51.6. The van der Waals surface area contributed by atoms with Gasteiger partial charge in [-0.25, -0.2) is 0 Å². The lowest BCUT2D eigenvalue weighted by atomic mass is 9.33. The monoisotopic (exact) mass is 616 g/mol. The number of ether oxygens (including phenoxy) is 5. The fourth-order valence-electron chi connectivity index (χ4n) is 11.3. The molecule has 1 aromatic heterocycles. The first-order valence-electron chi connectivity index (χ1n) is 15.3. The number of hydrogen-bond donors (Lipinski definition) is 2. The zero-order valence-corrected chi connectivity index (χ0v) is 25.7. The Morgan fingerprint density at radius 1 is 0.909 bits per heavy atom. The number of hydrogen-bond acceptors (Lipinski definition) is 12. The van der Waals surface area contributed by atoms with Gasteiger partial charge in [0.25, 0.3) is 0 Å². The van der Waals surface area contributed by atoms with Crippen LogP contribution in [0.4, 0.5) is 0 Å². The number of esters is 3. The van der Waals surface area contributed by atoms with E-state index in [0.717, 1.165) is 5.56 Å². The summed E-state index contributed by atoms with van der Waals surface area (Å²) in [5.41, 5.74) is -5.09. The Morgan fingerprint density at radius 3 is 2.20 bits per heavy atom. The Kier molecular flexibility index (Phi) is 6.21. The van der Waals surface area contributed by atoms with Crippen LogP contribution in [0, 0.1) is 33.5 Å². The van der Waals surface area contributed by atoms with Crippen LogP contribution in [-0.4, -0.2) is 82.9 Å². The zero-order chi connectivity index (χ0) is 31.8. The molecule has 6 fully saturated rings. The minimum atomic E-state index is -1.31. The fraction of sp³-hybridized carbons (Fsp3) is 0.750. The lowest BCUT2D eigenvalue weighted by Gasteiger charge is -2.73. The second-order valence-electron chi connectivity index (χ2n) is 14.5. The van der Waals surface area contributed by atoms with Crippen molar-refractivity contribution in [3.8, 4) is 0 Å². The first kappa shape index (κ1) is 29.9. The average Bonchev–Trinajstić information content (AvgIpc) is 3.29. The number of ketones is 1. The summed E-state index contributed by atoms with van der Waals surface area (Å²) in [4.78, 5) is 52.3. The average molecular weight is 617 g/mol. The highest BCUT2D eigenvalue weighted by molar-refractivity contribution is 5.93. The number of aliphatic hydroxyl groups is 2. The molecule has 1 spiro atoms. The van der Waals surface area contributed by atoms with Crippen molar-refractivity contribution in [3.05, 3.63) is 24.2 Å². The molecule has 12 nitrogen and oxygen atoms in total. The predicted octanol–water partition coefficient (Wildman–Crippen LogP) is 2.04. The maximum absolute atomic E-state index is 15.2. The van der Waals surface area contributed by atoms with E-state index in [1.807, 2.05) is 19.9 Å². The molecule has 14 atom stereocenters. The first-order valence-corrected chi connectivity index (χ1v) is 15.3. The van der Waals surface area contributed by atoms with Gasteiger partial charge in [-0.2, -0.15) is 0 Å². The molecule has 4 aliphatic carbocycles. The van der Waals surface area contributed by atoms with Gasteiger partial charge in [0.15, 0.2) is 11.9 Å². The van der Waals surface area contributed by atoms with E-state index >= 15 is 4.79 Å². The molecule has 3 heterocycles. The van der Waals surface area contributed by atoms with Gasteiger partial charge in [-0.15, -0.1) is 0 Å². The molecular formula is C32H40O12. The second kappa shape index (κ2) is 9.14. The highest BCUT2D eigenvalue weighted by atomic mass is 16.7. The lowest BCUT2D eigenvalue weighted by molar-refractivity contribution is -0.374. The van der Waals surface area contributed by atoms with Gasteiger partial charge in [-0.05, 0) is 37.3 Å². The van der Waals surface area contributed by atoms with Crippen molar-refractivity contribution in [2.24, 2.45) is 33.5 Å². The van der Waals surface area contributed by atoms with E-state index in [-0.39, 0.29) is 31.5 Å². The third-order valence-electron chi connectivity index (χ3n) is 12.8. The van der Waals surface area contributed by atoms with Crippen LogP contribution < -0.4 is 0 Å². The number of rotatable bonds is 4. The summed E-state index contributed by atoms with van der Waals surface area (Å²) < 4.78 is 35.6. The summed E-state index contributed by atoms with van der Waals surface area (Å²) >= 11 is 0. The number of fused-ring (bicyclic) bond motifs is 1. The lowest BCUT2D eigenvalue weighted by Crippen LogP contribution is -2.82. The second-order valence-corrected chi connectivity index (χ2v) is 14.5. The zero-order valence-electron chi connectivity index (χ0n) is 25.7. The number of carbonyl (C=O) groups excluding carboxylic acids is 4. The van der Waals surface area contributed by atoms with Gasteiger partial charge >= 0.3 is 17.9 Å². The van der Waals surface area contributed by atoms with E-state index < -0.39 is 93.5 Å².